The molecule has 124 valence electrons. The molecule has 1 atom stereocenters. The molecule has 1 fully saturated rings. The largest absolute Gasteiger partial charge is 0.497 e. The Hall–Kier alpha value is -2.24. The third-order valence-corrected chi connectivity index (χ3v) is 4.45. The van der Waals surface area contributed by atoms with E-state index in [1.807, 2.05) is 25.1 Å². The molecule has 0 spiro atoms. The maximum absolute atomic E-state index is 13.1. The van der Waals surface area contributed by atoms with Crippen LogP contribution >= 0.6 is 0 Å². The van der Waals surface area contributed by atoms with Gasteiger partial charge in [0.15, 0.2) is 0 Å². The van der Waals surface area contributed by atoms with Gasteiger partial charge in [-0.15, -0.1) is 0 Å². The highest BCUT2D eigenvalue weighted by atomic mass is 16.5. The van der Waals surface area contributed by atoms with Crippen molar-refractivity contribution in [3.05, 3.63) is 18.2 Å². The number of rotatable bonds is 4. The number of hydrogen-bond acceptors (Lipinski definition) is 4. The number of methoxy groups -OCH3 is 1. The lowest BCUT2D eigenvalue weighted by Crippen LogP contribution is -2.51. The predicted octanol–water partition coefficient (Wildman–Crippen LogP) is 1.82. The number of ether oxygens (including phenoxy) is 2. The topological polar surface area (TPSA) is 59.1 Å². The first-order chi connectivity index (χ1) is 11.2. The van der Waals surface area contributed by atoms with Gasteiger partial charge in [-0.25, -0.2) is 0 Å². The van der Waals surface area contributed by atoms with E-state index in [1.54, 1.807) is 16.9 Å². The van der Waals surface area contributed by atoms with Gasteiger partial charge >= 0.3 is 0 Å². The van der Waals surface area contributed by atoms with Crippen LogP contribution in [0, 0.1) is 0 Å². The first-order valence-electron chi connectivity index (χ1n) is 8.07. The van der Waals surface area contributed by atoms with Crippen molar-refractivity contribution in [3.63, 3.8) is 0 Å². The van der Waals surface area contributed by atoms with E-state index in [-0.39, 0.29) is 11.8 Å². The minimum absolute atomic E-state index is 0.0412. The first kappa shape index (κ1) is 15.6. The van der Waals surface area contributed by atoms with Gasteiger partial charge in [-0.05, 0) is 25.0 Å². The maximum atomic E-state index is 13.1. The molecule has 1 saturated heterocycles. The summed E-state index contributed by atoms with van der Waals surface area (Å²) in [5.41, 5.74) is 0.714. The molecule has 23 heavy (non-hydrogen) atoms. The Labute approximate surface area is 136 Å². The van der Waals surface area contributed by atoms with Crippen molar-refractivity contribution >= 4 is 17.5 Å². The number of fused-ring (bicyclic) bond motifs is 1. The molecule has 1 unspecified atom stereocenters. The van der Waals surface area contributed by atoms with Gasteiger partial charge in [0, 0.05) is 19.0 Å². The normalized spacial score (nSPS) is 18.4. The summed E-state index contributed by atoms with van der Waals surface area (Å²) >= 11 is 0. The van der Waals surface area contributed by atoms with E-state index >= 15 is 0 Å². The van der Waals surface area contributed by atoms with Crippen molar-refractivity contribution in [2.75, 3.05) is 31.7 Å². The van der Waals surface area contributed by atoms with Crippen LogP contribution in [0.1, 0.15) is 26.2 Å². The summed E-state index contributed by atoms with van der Waals surface area (Å²) in [6, 6.07) is 5.04. The number of amides is 2. The van der Waals surface area contributed by atoms with Crippen molar-refractivity contribution in [3.8, 4) is 11.5 Å². The average molecular weight is 318 g/mol. The summed E-state index contributed by atoms with van der Waals surface area (Å²) in [6.07, 6.45) is 1.98. The molecule has 0 aromatic heterocycles. The van der Waals surface area contributed by atoms with Crippen LogP contribution in [0.4, 0.5) is 5.69 Å². The Balaban J connectivity index is 1.89. The molecule has 2 heterocycles. The van der Waals surface area contributed by atoms with Crippen molar-refractivity contribution in [2.45, 2.75) is 32.2 Å². The van der Waals surface area contributed by atoms with Crippen molar-refractivity contribution in [1.29, 1.82) is 0 Å². The van der Waals surface area contributed by atoms with Crippen LogP contribution in [0.2, 0.25) is 0 Å². The number of anilines is 1. The van der Waals surface area contributed by atoms with Gasteiger partial charge in [0.1, 0.15) is 24.1 Å². The Bertz CT molecular complexity index is 617. The van der Waals surface area contributed by atoms with Crippen LogP contribution in [-0.4, -0.2) is 49.6 Å². The van der Waals surface area contributed by atoms with Gasteiger partial charge in [-0.3, -0.25) is 9.59 Å². The predicted molar refractivity (Wildman–Crippen MR) is 85.9 cm³/mol. The lowest BCUT2D eigenvalue weighted by molar-refractivity contribution is -0.136. The fourth-order valence-electron chi connectivity index (χ4n) is 3.26. The van der Waals surface area contributed by atoms with Gasteiger partial charge in [-0.1, -0.05) is 6.92 Å². The molecule has 0 aliphatic carbocycles. The molecule has 6 nitrogen and oxygen atoms in total. The summed E-state index contributed by atoms with van der Waals surface area (Å²) in [5, 5.41) is 0. The molecule has 2 amide bonds. The van der Waals surface area contributed by atoms with Gasteiger partial charge in [-0.2, -0.15) is 0 Å². The van der Waals surface area contributed by atoms with E-state index in [9.17, 15) is 9.59 Å². The number of carbonyl (C=O) groups excluding carboxylic acids is 2. The van der Waals surface area contributed by atoms with E-state index in [2.05, 4.69) is 0 Å². The van der Waals surface area contributed by atoms with Crippen molar-refractivity contribution < 1.29 is 19.1 Å². The maximum Gasteiger partial charge on any atom is 0.250 e. The second kappa shape index (κ2) is 6.48. The number of benzene rings is 1. The summed E-state index contributed by atoms with van der Waals surface area (Å²) in [6.45, 7) is 3.55. The molecule has 1 aromatic carbocycles. The van der Waals surface area contributed by atoms with Gasteiger partial charge in [0.25, 0.3) is 0 Å². The second-order valence-electron chi connectivity index (χ2n) is 5.79. The zero-order valence-corrected chi connectivity index (χ0v) is 13.6. The van der Waals surface area contributed by atoms with Crippen LogP contribution in [-0.2, 0) is 9.59 Å². The molecule has 0 N–H and O–H groups in total. The molecular weight excluding hydrogens is 296 g/mol. The van der Waals surface area contributed by atoms with Crippen molar-refractivity contribution in [1.82, 2.24) is 4.90 Å². The summed E-state index contributed by atoms with van der Waals surface area (Å²) in [7, 11) is 1.59. The lowest BCUT2D eigenvalue weighted by atomic mass is 10.1. The number of carbonyl (C=O) groups is 2. The van der Waals surface area contributed by atoms with Crippen LogP contribution < -0.4 is 14.4 Å². The van der Waals surface area contributed by atoms with E-state index in [0.29, 0.717) is 49.7 Å². The van der Waals surface area contributed by atoms with E-state index in [4.69, 9.17) is 9.47 Å². The minimum atomic E-state index is -0.401. The molecule has 3 rings (SSSR count). The van der Waals surface area contributed by atoms with Crippen LogP contribution in [0.5, 0.6) is 11.5 Å². The Morgan fingerprint density at radius 3 is 2.87 bits per heavy atom. The molecule has 1 aromatic rings. The molecule has 2 aliphatic rings. The minimum Gasteiger partial charge on any atom is -0.497 e. The standard InChI is InChI=1S/C17H22N2O4/c1-3-13(18-8-4-5-16(18)20)17(21)19-9-10-23-15-7-6-12(22-2)11-14(15)19/h6-7,11,13H,3-5,8-10H2,1-2H3. The fourth-order valence-corrected chi connectivity index (χ4v) is 3.26. The first-order valence-corrected chi connectivity index (χ1v) is 8.07. The third-order valence-electron chi connectivity index (χ3n) is 4.45. The monoisotopic (exact) mass is 318 g/mol. The fraction of sp³-hybridized carbons (Fsp3) is 0.529. The average Bonchev–Trinajstić information content (AvgIpc) is 3.00. The molecule has 0 saturated carbocycles. The Morgan fingerprint density at radius 2 is 2.22 bits per heavy atom. The van der Waals surface area contributed by atoms with E-state index in [1.165, 1.54) is 0 Å². The number of hydrogen-bond donors (Lipinski definition) is 0. The lowest BCUT2D eigenvalue weighted by Gasteiger charge is -2.35. The van der Waals surface area contributed by atoms with E-state index in [0.717, 1.165) is 6.42 Å². The zero-order valence-electron chi connectivity index (χ0n) is 13.6. The Morgan fingerprint density at radius 1 is 1.39 bits per heavy atom. The Kier molecular flexibility index (Phi) is 4.41. The van der Waals surface area contributed by atoms with Crippen LogP contribution in [0.3, 0.4) is 0 Å². The molecular formula is C17H22N2O4. The van der Waals surface area contributed by atoms with Crippen LogP contribution in [0.25, 0.3) is 0 Å². The molecule has 2 aliphatic heterocycles. The van der Waals surface area contributed by atoms with E-state index < -0.39 is 6.04 Å². The number of likely N-dealkylation sites (tertiary alicyclic amines) is 1. The smallest absolute Gasteiger partial charge is 0.250 e. The summed E-state index contributed by atoms with van der Waals surface area (Å²) < 4.78 is 10.9. The summed E-state index contributed by atoms with van der Waals surface area (Å²) in [5.74, 6) is 1.38. The van der Waals surface area contributed by atoms with Crippen molar-refractivity contribution in [2.24, 2.45) is 0 Å². The molecule has 0 bridgehead atoms. The third kappa shape index (κ3) is 2.85. The van der Waals surface area contributed by atoms with Gasteiger partial charge in [0.2, 0.25) is 11.8 Å². The highest BCUT2D eigenvalue weighted by Gasteiger charge is 2.36. The summed E-state index contributed by atoms with van der Waals surface area (Å²) in [4.78, 5) is 28.5. The molecule has 0 radical (unpaired) electrons. The second-order valence-corrected chi connectivity index (χ2v) is 5.79. The highest BCUT2D eigenvalue weighted by Crippen LogP contribution is 2.36. The zero-order chi connectivity index (χ0) is 16.4. The van der Waals surface area contributed by atoms with Gasteiger partial charge < -0.3 is 19.3 Å². The highest BCUT2D eigenvalue weighted by molar-refractivity contribution is 6.01. The molecule has 6 heteroatoms. The van der Waals surface area contributed by atoms with Crippen LogP contribution in [0.15, 0.2) is 18.2 Å². The number of nitrogens with zero attached hydrogens (tertiary/aromatic N) is 2. The van der Waals surface area contributed by atoms with Gasteiger partial charge in [0.05, 0.1) is 19.3 Å². The SMILES string of the molecule is CCC(C(=O)N1CCOc2ccc(OC)cc21)N1CCCC1=O. The quantitative estimate of drug-likeness (QED) is 0.850.